The van der Waals surface area contributed by atoms with Crippen LogP contribution in [0.15, 0.2) is 95.7 Å². The third kappa shape index (κ3) is 6.16. The topological polar surface area (TPSA) is 70.6 Å². The van der Waals surface area contributed by atoms with Gasteiger partial charge in [-0.1, -0.05) is 72.3 Å². The van der Waals surface area contributed by atoms with Crippen molar-refractivity contribution in [2.45, 2.75) is 0 Å². The van der Waals surface area contributed by atoms with Crippen molar-refractivity contribution in [1.82, 2.24) is 10.7 Å². The van der Waals surface area contributed by atoms with Gasteiger partial charge in [-0.2, -0.15) is 5.10 Å². The zero-order chi connectivity index (χ0) is 20.5. The summed E-state index contributed by atoms with van der Waals surface area (Å²) in [4.78, 5) is 25.1. The van der Waals surface area contributed by atoms with Crippen molar-refractivity contribution < 1.29 is 9.59 Å². The van der Waals surface area contributed by atoms with Gasteiger partial charge in [-0.05, 0) is 41.5 Å². The molecule has 5 nitrogen and oxygen atoms in total. The third-order valence-corrected chi connectivity index (χ3v) is 4.14. The smallest absolute Gasteiger partial charge is 0.287 e. The molecule has 0 saturated carbocycles. The average molecular weight is 404 g/mol. The second-order valence-corrected chi connectivity index (χ2v) is 6.48. The Morgan fingerprint density at radius 1 is 0.793 bits per heavy atom. The van der Waals surface area contributed by atoms with Gasteiger partial charge in [0, 0.05) is 10.6 Å². The minimum Gasteiger partial charge on any atom is -0.317 e. The van der Waals surface area contributed by atoms with Crippen LogP contribution in [-0.2, 0) is 4.79 Å². The second-order valence-electron chi connectivity index (χ2n) is 6.04. The molecule has 3 aromatic carbocycles. The van der Waals surface area contributed by atoms with E-state index in [1.807, 2.05) is 36.4 Å². The molecular weight excluding hydrogens is 386 g/mol. The Balaban J connectivity index is 1.76. The Hall–Kier alpha value is -3.70. The number of halogens is 1. The van der Waals surface area contributed by atoms with Crippen LogP contribution >= 0.6 is 11.6 Å². The van der Waals surface area contributed by atoms with Gasteiger partial charge in [-0.25, -0.2) is 5.43 Å². The van der Waals surface area contributed by atoms with Gasteiger partial charge in [0.15, 0.2) is 0 Å². The van der Waals surface area contributed by atoms with E-state index in [-0.39, 0.29) is 11.6 Å². The van der Waals surface area contributed by atoms with Crippen LogP contribution in [0, 0.1) is 0 Å². The highest BCUT2D eigenvalue weighted by atomic mass is 35.5. The molecule has 3 aromatic rings. The zero-order valence-electron chi connectivity index (χ0n) is 15.4. The predicted molar refractivity (Wildman–Crippen MR) is 116 cm³/mol. The summed E-state index contributed by atoms with van der Waals surface area (Å²) in [5.74, 6) is -0.923. The van der Waals surface area contributed by atoms with E-state index in [4.69, 9.17) is 11.6 Å². The summed E-state index contributed by atoms with van der Waals surface area (Å²) in [5, 5.41) is 7.22. The highest BCUT2D eigenvalue weighted by molar-refractivity contribution is 6.30. The summed E-state index contributed by atoms with van der Waals surface area (Å²) in [6, 6.07) is 24.9. The normalized spacial score (nSPS) is 11.3. The van der Waals surface area contributed by atoms with E-state index >= 15 is 0 Å². The Bertz CT molecular complexity index is 1030. The molecule has 0 bridgehead atoms. The largest absolute Gasteiger partial charge is 0.317 e. The lowest BCUT2D eigenvalue weighted by Gasteiger charge is -2.09. The molecule has 0 aliphatic carbocycles. The van der Waals surface area contributed by atoms with Crippen molar-refractivity contribution in [3.8, 4) is 0 Å². The van der Waals surface area contributed by atoms with Gasteiger partial charge in [0.2, 0.25) is 0 Å². The first-order chi connectivity index (χ1) is 14.1. The molecule has 0 radical (unpaired) electrons. The van der Waals surface area contributed by atoms with Crippen molar-refractivity contribution >= 4 is 35.7 Å². The number of nitrogens with zero attached hydrogens (tertiary/aromatic N) is 1. The van der Waals surface area contributed by atoms with Crippen LogP contribution in [-0.4, -0.2) is 18.0 Å². The average Bonchev–Trinajstić information content (AvgIpc) is 2.76. The fraction of sp³-hybridized carbons (Fsp3) is 0. The number of hydrazone groups is 1. The Morgan fingerprint density at radius 3 is 2.07 bits per heavy atom. The molecule has 6 heteroatoms. The monoisotopic (exact) mass is 403 g/mol. The standard InChI is InChI=1S/C23H18ClN3O2/c24-20-13-11-18(12-14-20)16-25-27-23(29)21(15-17-7-3-1-4-8-17)26-22(28)19-9-5-2-6-10-19/h1-16H,(H,26,28)(H,27,29)/b21-15-,25-16-. The van der Waals surface area contributed by atoms with E-state index in [2.05, 4.69) is 15.8 Å². The van der Waals surface area contributed by atoms with E-state index in [0.717, 1.165) is 11.1 Å². The van der Waals surface area contributed by atoms with E-state index in [1.165, 1.54) is 6.21 Å². The van der Waals surface area contributed by atoms with Gasteiger partial charge in [-0.3, -0.25) is 9.59 Å². The molecule has 0 atom stereocenters. The van der Waals surface area contributed by atoms with Crippen molar-refractivity contribution in [3.63, 3.8) is 0 Å². The summed E-state index contributed by atoms with van der Waals surface area (Å²) in [5.41, 5.74) is 4.51. The first-order valence-corrected chi connectivity index (χ1v) is 9.22. The molecule has 0 spiro atoms. The zero-order valence-corrected chi connectivity index (χ0v) is 16.1. The van der Waals surface area contributed by atoms with Crippen LogP contribution in [0.4, 0.5) is 0 Å². The van der Waals surface area contributed by atoms with Crippen LogP contribution in [0.25, 0.3) is 6.08 Å². The van der Waals surface area contributed by atoms with Gasteiger partial charge in [0.1, 0.15) is 5.70 Å². The maximum absolute atomic E-state index is 12.6. The number of amides is 2. The lowest BCUT2D eigenvalue weighted by atomic mass is 10.1. The molecule has 0 heterocycles. The van der Waals surface area contributed by atoms with E-state index in [1.54, 1.807) is 54.6 Å². The van der Waals surface area contributed by atoms with Gasteiger partial charge >= 0.3 is 0 Å². The number of nitrogens with one attached hydrogen (secondary N) is 2. The van der Waals surface area contributed by atoms with Gasteiger partial charge in [0.25, 0.3) is 11.8 Å². The lowest BCUT2D eigenvalue weighted by molar-refractivity contribution is -0.117. The summed E-state index contributed by atoms with van der Waals surface area (Å²) < 4.78 is 0. The molecule has 144 valence electrons. The molecule has 0 unspecified atom stereocenters. The second kappa shape index (κ2) is 10.0. The summed E-state index contributed by atoms with van der Waals surface area (Å²) in [7, 11) is 0. The highest BCUT2D eigenvalue weighted by Gasteiger charge is 2.14. The van der Waals surface area contributed by atoms with Crippen LogP contribution in [0.5, 0.6) is 0 Å². The number of carbonyl (C=O) groups is 2. The number of hydrogen-bond donors (Lipinski definition) is 2. The maximum Gasteiger partial charge on any atom is 0.287 e. The Kier molecular flexibility index (Phi) is 6.92. The molecule has 0 aliphatic rings. The number of hydrogen-bond acceptors (Lipinski definition) is 3. The molecule has 3 rings (SSSR count). The first-order valence-electron chi connectivity index (χ1n) is 8.84. The minimum atomic E-state index is -0.539. The van der Waals surface area contributed by atoms with Crippen LogP contribution in [0.2, 0.25) is 5.02 Å². The first kappa shape index (κ1) is 20.0. The van der Waals surface area contributed by atoms with Crippen molar-refractivity contribution in [2.24, 2.45) is 5.10 Å². The van der Waals surface area contributed by atoms with Crippen LogP contribution < -0.4 is 10.7 Å². The molecule has 2 amide bonds. The third-order valence-electron chi connectivity index (χ3n) is 3.89. The van der Waals surface area contributed by atoms with E-state index in [0.29, 0.717) is 10.6 Å². The molecular formula is C23H18ClN3O2. The van der Waals surface area contributed by atoms with E-state index < -0.39 is 5.91 Å². The van der Waals surface area contributed by atoms with Crippen LogP contribution in [0.3, 0.4) is 0 Å². The molecule has 0 saturated heterocycles. The van der Waals surface area contributed by atoms with Crippen molar-refractivity contribution in [3.05, 3.63) is 112 Å². The molecule has 29 heavy (non-hydrogen) atoms. The summed E-state index contributed by atoms with van der Waals surface area (Å²) in [6.07, 6.45) is 3.08. The molecule has 2 N–H and O–H groups in total. The van der Waals surface area contributed by atoms with Crippen LogP contribution in [0.1, 0.15) is 21.5 Å². The maximum atomic E-state index is 12.6. The highest BCUT2D eigenvalue weighted by Crippen LogP contribution is 2.09. The fourth-order valence-corrected chi connectivity index (χ4v) is 2.56. The number of rotatable bonds is 6. The quantitative estimate of drug-likeness (QED) is 0.366. The van der Waals surface area contributed by atoms with Gasteiger partial charge < -0.3 is 5.32 Å². The molecule has 0 fully saturated rings. The Labute approximate surface area is 173 Å². The van der Waals surface area contributed by atoms with E-state index in [9.17, 15) is 9.59 Å². The van der Waals surface area contributed by atoms with Gasteiger partial charge in [-0.15, -0.1) is 0 Å². The minimum absolute atomic E-state index is 0.0818. The van der Waals surface area contributed by atoms with Crippen molar-refractivity contribution in [2.75, 3.05) is 0 Å². The predicted octanol–water partition coefficient (Wildman–Crippen LogP) is 4.26. The lowest BCUT2D eigenvalue weighted by Crippen LogP contribution is -2.32. The van der Waals surface area contributed by atoms with Crippen molar-refractivity contribution in [1.29, 1.82) is 0 Å². The fourth-order valence-electron chi connectivity index (χ4n) is 2.43. The molecule has 0 aliphatic heterocycles. The molecule has 0 aromatic heterocycles. The number of carbonyl (C=O) groups excluding carboxylic acids is 2. The summed E-state index contributed by atoms with van der Waals surface area (Å²) >= 11 is 5.85. The van der Waals surface area contributed by atoms with Gasteiger partial charge in [0.05, 0.1) is 6.21 Å². The summed E-state index contributed by atoms with van der Waals surface area (Å²) in [6.45, 7) is 0. The Morgan fingerprint density at radius 2 is 1.41 bits per heavy atom. The SMILES string of the molecule is O=C(N/N=C\c1ccc(Cl)cc1)/C(=C/c1ccccc1)NC(=O)c1ccccc1. The number of benzene rings is 3.